The number of hydrogen-bond donors (Lipinski definition) is 2. The minimum absolute atomic E-state index is 0.0673. The zero-order valence-electron chi connectivity index (χ0n) is 12.1. The van der Waals surface area contributed by atoms with Gasteiger partial charge in [0.2, 0.25) is 5.91 Å². The van der Waals surface area contributed by atoms with Crippen LogP contribution in [0.4, 0.5) is 0 Å². The molecular weight excluding hydrogens is 238 g/mol. The normalized spacial score (nSPS) is 11.1. The molecule has 1 rings (SSSR count). The van der Waals surface area contributed by atoms with E-state index in [1.165, 1.54) is 0 Å². The summed E-state index contributed by atoms with van der Waals surface area (Å²) >= 11 is 0. The van der Waals surface area contributed by atoms with E-state index in [-0.39, 0.29) is 5.91 Å². The molecule has 0 atom stereocenters. The predicted octanol–water partition coefficient (Wildman–Crippen LogP) is 1.14. The molecule has 0 bridgehead atoms. The van der Waals surface area contributed by atoms with Gasteiger partial charge in [-0.2, -0.15) is 0 Å². The van der Waals surface area contributed by atoms with Crippen molar-refractivity contribution in [2.75, 3.05) is 20.1 Å². The molecule has 0 heterocycles. The fourth-order valence-electron chi connectivity index (χ4n) is 1.67. The number of carbonyl (C=O) groups excluding carboxylic acids is 1. The molecule has 1 aromatic rings. The van der Waals surface area contributed by atoms with E-state index in [2.05, 4.69) is 31.1 Å². The molecule has 3 N–H and O–H groups in total. The van der Waals surface area contributed by atoms with Crippen LogP contribution in [0.3, 0.4) is 0 Å². The number of rotatable bonds is 7. The van der Waals surface area contributed by atoms with E-state index in [1.807, 2.05) is 24.3 Å². The van der Waals surface area contributed by atoms with Crippen molar-refractivity contribution in [2.24, 2.45) is 5.73 Å². The zero-order valence-corrected chi connectivity index (χ0v) is 12.1. The summed E-state index contributed by atoms with van der Waals surface area (Å²) in [5, 5.41) is 2.94. The highest BCUT2D eigenvalue weighted by atomic mass is 16.1. The standard InChI is InChI=1S/C15H25N3O/c1-12(2)18(3)9-8-17-15(19)10-13-4-6-14(11-16)7-5-13/h4-7,12H,8-11,16H2,1-3H3,(H,17,19). The van der Waals surface area contributed by atoms with E-state index < -0.39 is 0 Å². The number of hydrogen-bond acceptors (Lipinski definition) is 3. The monoisotopic (exact) mass is 263 g/mol. The maximum atomic E-state index is 11.8. The van der Waals surface area contributed by atoms with Gasteiger partial charge < -0.3 is 16.0 Å². The van der Waals surface area contributed by atoms with Crippen molar-refractivity contribution in [1.29, 1.82) is 0 Å². The van der Waals surface area contributed by atoms with Crippen molar-refractivity contribution in [2.45, 2.75) is 32.9 Å². The van der Waals surface area contributed by atoms with E-state index in [0.717, 1.165) is 17.7 Å². The van der Waals surface area contributed by atoms with E-state index in [0.29, 0.717) is 25.6 Å². The minimum atomic E-state index is 0.0673. The minimum Gasteiger partial charge on any atom is -0.355 e. The smallest absolute Gasteiger partial charge is 0.224 e. The van der Waals surface area contributed by atoms with E-state index in [9.17, 15) is 4.79 Å². The van der Waals surface area contributed by atoms with Gasteiger partial charge in [-0.05, 0) is 32.0 Å². The molecule has 106 valence electrons. The average Bonchev–Trinajstić information content (AvgIpc) is 2.39. The van der Waals surface area contributed by atoms with Gasteiger partial charge in [0.1, 0.15) is 0 Å². The van der Waals surface area contributed by atoms with E-state index in [1.54, 1.807) is 0 Å². The van der Waals surface area contributed by atoms with Crippen LogP contribution >= 0.6 is 0 Å². The third-order valence-electron chi connectivity index (χ3n) is 3.29. The Balaban J connectivity index is 2.30. The van der Waals surface area contributed by atoms with Crippen molar-refractivity contribution in [3.63, 3.8) is 0 Å². The second kappa shape index (κ2) is 7.92. The Morgan fingerprint density at radius 2 is 1.84 bits per heavy atom. The topological polar surface area (TPSA) is 58.4 Å². The molecule has 1 aromatic carbocycles. The van der Waals surface area contributed by atoms with Crippen molar-refractivity contribution in [3.05, 3.63) is 35.4 Å². The molecule has 0 saturated carbocycles. The molecule has 0 aliphatic rings. The van der Waals surface area contributed by atoms with E-state index >= 15 is 0 Å². The number of likely N-dealkylation sites (N-methyl/N-ethyl adjacent to an activating group) is 1. The van der Waals surface area contributed by atoms with Gasteiger partial charge in [0, 0.05) is 25.7 Å². The van der Waals surface area contributed by atoms with Crippen LogP contribution in [0, 0.1) is 0 Å². The Kier molecular flexibility index (Phi) is 6.53. The predicted molar refractivity (Wildman–Crippen MR) is 78.8 cm³/mol. The summed E-state index contributed by atoms with van der Waals surface area (Å²) in [5.74, 6) is 0.0673. The number of benzene rings is 1. The number of nitrogens with zero attached hydrogens (tertiary/aromatic N) is 1. The first-order chi connectivity index (χ1) is 9.02. The van der Waals surface area contributed by atoms with Crippen molar-refractivity contribution >= 4 is 5.91 Å². The summed E-state index contributed by atoms with van der Waals surface area (Å²) < 4.78 is 0. The molecule has 1 amide bonds. The third-order valence-corrected chi connectivity index (χ3v) is 3.29. The molecule has 4 heteroatoms. The highest BCUT2D eigenvalue weighted by molar-refractivity contribution is 5.78. The zero-order chi connectivity index (χ0) is 14.3. The number of nitrogens with two attached hydrogens (primary N) is 1. The van der Waals surface area contributed by atoms with Crippen molar-refractivity contribution in [1.82, 2.24) is 10.2 Å². The largest absolute Gasteiger partial charge is 0.355 e. The molecule has 0 aliphatic heterocycles. The summed E-state index contributed by atoms with van der Waals surface area (Å²) in [6, 6.07) is 8.36. The number of nitrogens with one attached hydrogen (secondary N) is 1. The average molecular weight is 263 g/mol. The fraction of sp³-hybridized carbons (Fsp3) is 0.533. The fourth-order valence-corrected chi connectivity index (χ4v) is 1.67. The molecule has 0 unspecified atom stereocenters. The molecule has 4 nitrogen and oxygen atoms in total. The molecule has 0 aromatic heterocycles. The van der Waals surface area contributed by atoms with Gasteiger partial charge in [-0.3, -0.25) is 4.79 Å². The summed E-state index contributed by atoms with van der Waals surface area (Å²) in [4.78, 5) is 14.0. The van der Waals surface area contributed by atoms with Gasteiger partial charge >= 0.3 is 0 Å². The first kappa shape index (κ1) is 15.7. The van der Waals surface area contributed by atoms with Gasteiger partial charge in [-0.25, -0.2) is 0 Å². The van der Waals surface area contributed by atoms with Crippen molar-refractivity contribution < 1.29 is 4.79 Å². The Hall–Kier alpha value is -1.39. The summed E-state index contributed by atoms with van der Waals surface area (Å²) in [6.45, 7) is 6.37. The lowest BCUT2D eigenvalue weighted by molar-refractivity contribution is -0.120. The van der Waals surface area contributed by atoms with Crippen molar-refractivity contribution in [3.8, 4) is 0 Å². The van der Waals surface area contributed by atoms with Crippen LogP contribution in [-0.2, 0) is 17.8 Å². The van der Waals surface area contributed by atoms with Gasteiger partial charge in [-0.15, -0.1) is 0 Å². The maximum Gasteiger partial charge on any atom is 0.224 e. The lowest BCUT2D eigenvalue weighted by Gasteiger charge is -2.20. The van der Waals surface area contributed by atoms with Crippen LogP contribution in [0.25, 0.3) is 0 Å². The quantitative estimate of drug-likeness (QED) is 0.775. The molecule has 0 aliphatic carbocycles. The highest BCUT2D eigenvalue weighted by Gasteiger charge is 2.05. The molecule has 0 radical (unpaired) electrons. The molecule has 0 fully saturated rings. The number of carbonyl (C=O) groups is 1. The molecular formula is C15H25N3O. The van der Waals surface area contributed by atoms with Crippen LogP contribution in [0.5, 0.6) is 0 Å². The third kappa shape index (κ3) is 5.85. The van der Waals surface area contributed by atoms with Gasteiger partial charge in [0.25, 0.3) is 0 Å². The Labute approximate surface area is 116 Å². The van der Waals surface area contributed by atoms with Crippen LogP contribution in [-0.4, -0.2) is 37.0 Å². The lowest BCUT2D eigenvalue weighted by atomic mass is 10.1. The second-order valence-electron chi connectivity index (χ2n) is 5.12. The van der Waals surface area contributed by atoms with Gasteiger partial charge in [0.05, 0.1) is 6.42 Å². The summed E-state index contributed by atoms with van der Waals surface area (Å²) in [5.41, 5.74) is 7.64. The van der Waals surface area contributed by atoms with Crippen LogP contribution in [0.15, 0.2) is 24.3 Å². The van der Waals surface area contributed by atoms with Crippen LogP contribution in [0.1, 0.15) is 25.0 Å². The summed E-state index contributed by atoms with van der Waals surface area (Å²) in [7, 11) is 2.06. The van der Waals surface area contributed by atoms with Gasteiger partial charge in [0.15, 0.2) is 0 Å². The second-order valence-corrected chi connectivity index (χ2v) is 5.12. The van der Waals surface area contributed by atoms with E-state index in [4.69, 9.17) is 5.73 Å². The lowest BCUT2D eigenvalue weighted by Crippen LogP contribution is -2.36. The maximum absolute atomic E-state index is 11.8. The van der Waals surface area contributed by atoms with Crippen LogP contribution in [0.2, 0.25) is 0 Å². The van der Waals surface area contributed by atoms with Crippen LogP contribution < -0.4 is 11.1 Å². The van der Waals surface area contributed by atoms with Gasteiger partial charge in [-0.1, -0.05) is 24.3 Å². The molecule has 0 saturated heterocycles. The molecule has 19 heavy (non-hydrogen) atoms. The number of amides is 1. The first-order valence-corrected chi connectivity index (χ1v) is 6.77. The SMILES string of the molecule is CC(C)N(C)CCNC(=O)Cc1ccc(CN)cc1. The Bertz CT molecular complexity index is 387. The summed E-state index contributed by atoms with van der Waals surface area (Å²) in [6.07, 6.45) is 0.427. The Morgan fingerprint density at radius 1 is 1.26 bits per heavy atom. The molecule has 0 spiro atoms. The first-order valence-electron chi connectivity index (χ1n) is 6.77. The Morgan fingerprint density at radius 3 is 2.37 bits per heavy atom. The highest BCUT2D eigenvalue weighted by Crippen LogP contribution is 2.04.